The normalized spacial score (nSPS) is 13.7. The number of rotatable bonds is 7. The predicted octanol–water partition coefficient (Wildman–Crippen LogP) is 0.0173. The number of carbonyl (C=O) groups is 2. The van der Waals surface area contributed by atoms with E-state index >= 15 is 0 Å². The zero-order valence-corrected chi connectivity index (χ0v) is 10.6. The van der Waals surface area contributed by atoms with Crippen molar-refractivity contribution in [2.45, 2.75) is 33.3 Å². The summed E-state index contributed by atoms with van der Waals surface area (Å²) in [5.41, 5.74) is -0.862. The molecule has 0 saturated heterocycles. The Morgan fingerprint density at radius 3 is 2.47 bits per heavy atom. The highest BCUT2D eigenvalue weighted by Gasteiger charge is 2.32. The van der Waals surface area contributed by atoms with Gasteiger partial charge in [-0.25, -0.2) is 0 Å². The first kappa shape index (κ1) is 15.8. The van der Waals surface area contributed by atoms with Gasteiger partial charge in [-0.15, -0.1) is 0 Å². The van der Waals surface area contributed by atoms with Crippen molar-refractivity contribution >= 4 is 11.7 Å². The summed E-state index contributed by atoms with van der Waals surface area (Å²) >= 11 is 0. The molecule has 0 bridgehead atoms. The summed E-state index contributed by atoms with van der Waals surface area (Å²) in [7, 11) is 0. The first-order chi connectivity index (χ1) is 7.81. The molecule has 3 N–H and O–H groups in total. The van der Waals surface area contributed by atoms with Gasteiger partial charge in [0.2, 0.25) is 5.91 Å². The summed E-state index contributed by atoms with van der Waals surface area (Å²) in [4.78, 5) is 22.1. The number of nitrogens with one attached hydrogen (secondary N) is 1. The maximum Gasteiger partial charge on any atom is 0.249 e. The third-order valence-electron chi connectivity index (χ3n) is 2.36. The van der Waals surface area contributed by atoms with Crippen molar-refractivity contribution < 1.29 is 19.8 Å². The zero-order valence-electron chi connectivity index (χ0n) is 10.6. The van der Waals surface area contributed by atoms with Crippen LogP contribution in [-0.4, -0.2) is 41.2 Å². The van der Waals surface area contributed by atoms with Gasteiger partial charge in [-0.2, -0.15) is 0 Å². The van der Waals surface area contributed by atoms with Crippen molar-refractivity contribution in [3.8, 4) is 0 Å². The molecule has 0 aromatic heterocycles. The van der Waals surface area contributed by atoms with Crippen LogP contribution >= 0.6 is 0 Å². The van der Waals surface area contributed by atoms with Crippen LogP contribution in [0.1, 0.15) is 27.2 Å². The van der Waals surface area contributed by atoms with E-state index in [4.69, 9.17) is 5.11 Å². The fraction of sp³-hybridized carbons (Fsp3) is 0.667. The molecule has 0 heterocycles. The Morgan fingerprint density at radius 1 is 1.41 bits per heavy atom. The fourth-order valence-electron chi connectivity index (χ4n) is 1.07. The maximum atomic E-state index is 11.5. The molecule has 0 saturated carbocycles. The van der Waals surface area contributed by atoms with Crippen LogP contribution in [-0.2, 0) is 9.59 Å². The number of hydrogen-bond donors (Lipinski definition) is 3. The third-order valence-corrected chi connectivity index (χ3v) is 2.36. The van der Waals surface area contributed by atoms with Gasteiger partial charge >= 0.3 is 0 Å². The molecule has 0 fully saturated rings. The van der Waals surface area contributed by atoms with Crippen molar-refractivity contribution in [2.75, 3.05) is 13.2 Å². The van der Waals surface area contributed by atoms with Crippen LogP contribution in [0.15, 0.2) is 12.2 Å². The van der Waals surface area contributed by atoms with Crippen LogP contribution in [0.3, 0.4) is 0 Å². The van der Waals surface area contributed by atoms with E-state index in [-0.39, 0.29) is 12.4 Å². The Labute approximate surface area is 102 Å². The van der Waals surface area contributed by atoms with Crippen molar-refractivity contribution in [3.63, 3.8) is 0 Å². The highest BCUT2D eigenvalue weighted by molar-refractivity contribution is 5.87. The quantitative estimate of drug-likeness (QED) is 0.434. The summed E-state index contributed by atoms with van der Waals surface area (Å²) in [5.74, 6) is -0.557. The van der Waals surface area contributed by atoms with Crippen LogP contribution in [0.2, 0.25) is 0 Å². The minimum atomic E-state index is -1.25. The lowest BCUT2D eigenvalue weighted by atomic mass is 9.87. The standard InChI is InChI=1S/C12H21NO4/c1-9(15)6-4-5-7-13-11(17)10(16)12(2,3)8-14/h4,6,10,14,16H,5,7-8H2,1-3H3,(H,13,17)/b6-4+/t10-/m0/s1. The first-order valence-corrected chi connectivity index (χ1v) is 5.55. The molecule has 1 atom stereocenters. The maximum absolute atomic E-state index is 11.5. The molecular formula is C12H21NO4. The third kappa shape index (κ3) is 6.19. The summed E-state index contributed by atoms with van der Waals surface area (Å²) in [6.07, 6.45) is 2.37. The van der Waals surface area contributed by atoms with E-state index in [1.807, 2.05) is 0 Å². The van der Waals surface area contributed by atoms with E-state index in [0.29, 0.717) is 13.0 Å². The molecule has 0 spiro atoms. The lowest BCUT2D eigenvalue weighted by Crippen LogP contribution is -2.45. The van der Waals surface area contributed by atoms with Crippen LogP contribution in [0.25, 0.3) is 0 Å². The van der Waals surface area contributed by atoms with Gasteiger partial charge in [0.1, 0.15) is 6.10 Å². The minimum absolute atomic E-state index is 0.0437. The molecule has 17 heavy (non-hydrogen) atoms. The molecule has 0 aliphatic carbocycles. The van der Waals surface area contributed by atoms with E-state index in [0.717, 1.165) is 0 Å². The summed E-state index contributed by atoms with van der Waals surface area (Å²) in [6, 6.07) is 0. The second-order valence-corrected chi connectivity index (χ2v) is 4.64. The monoisotopic (exact) mass is 243 g/mol. The molecule has 5 nitrogen and oxygen atoms in total. The van der Waals surface area contributed by atoms with E-state index in [2.05, 4.69) is 5.32 Å². The molecule has 0 aliphatic rings. The SMILES string of the molecule is CC(=O)/C=C/CCNC(=O)[C@H](O)C(C)(C)CO. The van der Waals surface area contributed by atoms with Crippen LogP contribution in [0.4, 0.5) is 0 Å². The average Bonchev–Trinajstić information content (AvgIpc) is 2.26. The van der Waals surface area contributed by atoms with Gasteiger partial charge in [0.05, 0.1) is 6.61 Å². The van der Waals surface area contributed by atoms with Gasteiger partial charge in [-0.1, -0.05) is 19.9 Å². The van der Waals surface area contributed by atoms with E-state index in [1.54, 1.807) is 19.9 Å². The lowest BCUT2D eigenvalue weighted by molar-refractivity contribution is -0.137. The van der Waals surface area contributed by atoms with E-state index in [9.17, 15) is 14.7 Å². The van der Waals surface area contributed by atoms with Crippen LogP contribution < -0.4 is 5.32 Å². The van der Waals surface area contributed by atoms with Crippen LogP contribution in [0.5, 0.6) is 0 Å². The topological polar surface area (TPSA) is 86.6 Å². The largest absolute Gasteiger partial charge is 0.396 e. The summed E-state index contributed by atoms with van der Waals surface area (Å²) in [6.45, 7) is 4.73. The first-order valence-electron chi connectivity index (χ1n) is 5.55. The lowest BCUT2D eigenvalue weighted by Gasteiger charge is -2.27. The van der Waals surface area contributed by atoms with Gasteiger partial charge in [-0.05, 0) is 19.4 Å². The van der Waals surface area contributed by atoms with E-state index in [1.165, 1.54) is 13.0 Å². The fourth-order valence-corrected chi connectivity index (χ4v) is 1.07. The molecule has 0 aromatic rings. The number of aliphatic hydroxyl groups excluding tert-OH is 2. The second-order valence-electron chi connectivity index (χ2n) is 4.64. The number of hydrogen-bond acceptors (Lipinski definition) is 4. The number of carbonyl (C=O) groups excluding carboxylic acids is 2. The molecule has 0 unspecified atom stereocenters. The van der Waals surface area contributed by atoms with Crippen molar-refractivity contribution in [3.05, 3.63) is 12.2 Å². The molecular weight excluding hydrogens is 222 g/mol. The summed E-state index contributed by atoms with van der Waals surface area (Å²) < 4.78 is 0. The zero-order chi connectivity index (χ0) is 13.5. The predicted molar refractivity (Wildman–Crippen MR) is 64.3 cm³/mol. The Hall–Kier alpha value is -1.20. The molecule has 0 radical (unpaired) electrons. The number of ketones is 1. The minimum Gasteiger partial charge on any atom is -0.396 e. The van der Waals surface area contributed by atoms with Gasteiger partial charge in [0.15, 0.2) is 5.78 Å². The molecule has 5 heteroatoms. The summed E-state index contributed by atoms with van der Waals surface area (Å²) in [5, 5.41) is 21.2. The van der Waals surface area contributed by atoms with Gasteiger partial charge in [0.25, 0.3) is 0 Å². The Bertz CT molecular complexity index is 297. The molecule has 0 aromatic carbocycles. The molecule has 0 rings (SSSR count). The van der Waals surface area contributed by atoms with Crippen molar-refractivity contribution in [2.24, 2.45) is 5.41 Å². The number of allylic oxidation sites excluding steroid dienone is 1. The van der Waals surface area contributed by atoms with Gasteiger partial charge in [-0.3, -0.25) is 9.59 Å². The van der Waals surface area contributed by atoms with Crippen molar-refractivity contribution in [1.29, 1.82) is 0 Å². The Morgan fingerprint density at radius 2 is 2.00 bits per heavy atom. The molecule has 0 aliphatic heterocycles. The smallest absolute Gasteiger partial charge is 0.249 e. The Balaban J connectivity index is 3.99. The van der Waals surface area contributed by atoms with Gasteiger partial charge < -0.3 is 15.5 Å². The van der Waals surface area contributed by atoms with Crippen molar-refractivity contribution in [1.82, 2.24) is 5.32 Å². The highest BCUT2D eigenvalue weighted by Crippen LogP contribution is 2.19. The van der Waals surface area contributed by atoms with E-state index < -0.39 is 17.4 Å². The number of aliphatic hydroxyl groups is 2. The van der Waals surface area contributed by atoms with Crippen LogP contribution in [0, 0.1) is 5.41 Å². The highest BCUT2D eigenvalue weighted by atomic mass is 16.3. The number of amides is 1. The Kier molecular flexibility index (Phi) is 6.68. The second kappa shape index (κ2) is 7.19. The average molecular weight is 243 g/mol. The van der Waals surface area contributed by atoms with Gasteiger partial charge in [0, 0.05) is 12.0 Å². The molecule has 1 amide bonds. The molecule has 98 valence electrons.